The molecule has 0 aliphatic carbocycles. The quantitative estimate of drug-likeness (QED) is 0.423. The molecule has 0 rings (SSSR count). The molecule has 0 N–H and O–H groups in total. The minimum Gasteiger partial charge on any atom is -0.124 e. The van der Waals surface area contributed by atoms with Crippen LogP contribution in [-0.4, -0.2) is 14.7 Å². The Kier molecular flexibility index (Phi) is 3.74. The van der Waals surface area contributed by atoms with Gasteiger partial charge in [-0.2, -0.15) is 0 Å². The molecule has 0 saturated carbocycles. The van der Waals surface area contributed by atoms with E-state index in [1.165, 1.54) is 12.8 Å². The van der Waals surface area contributed by atoms with E-state index in [0.717, 1.165) is 16.7 Å². The molecule has 0 heterocycles. The second-order valence-corrected chi connectivity index (χ2v) is 5.98. The first kappa shape index (κ1) is 8.51. The fraction of sp³-hybridized carbons (Fsp3) is 1.00. The third kappa shape index (κ3) is 3.50. The van der Waals surface area contributed by atoms with Crippen LogP contribution >= 0.6 is 11.6 Å². The van der Waals surface area contributed by atoms with Crippen LogP contribution in [0.25, 0.3) is 0 Å². The van der Waals surface area contributed by atoms with Gasteiger partial charge in [-0.1, -0.05) is 20.3 Å². The molecular formula is C6H15ClSi. The molecule has 0 amide bonds. The van der Waals surface area contributed by atoms with E-state index in [1.807, 2.05) is 0 Å². The van der Waals surface area contributed by atoms with E-state index in [0.29, 0.717) is 0 Å². The predicted molar refractivity (Wildman–Crippen MR) is 43.7 cm³/mol. The van der Waals surface area contributed by atoms with Crippen molar-refractivity contribution in [3.05, 3.63) is 0 Å². The lowest BCUT2D eigenvalue weighted by Gasteiger charge is -2.17. The SMILES string of the molecule is CCCC([SiH3])(Cl)CC. The van der Waals surface area contributed by atoms with Crippen LogP contribution in [0, 0.1) is 0 Å². The first-order valence-electron chi connectivity index (χ1n) is 3.31. The third-order valence-electron chi connectivity index (χ3n) is 1.51. The molecule has 0 aliphatic heterocycles. The number of halogens is 1. The molecule has 2 heteroatoms. The molecule has 1 atom stereocenters. The van der Waals surface area contributed by atoms with Crippen molar-refractivity contribution in [2.45, 2.75) is 37.6 Å². The monoisotopic (exact) mass is 150 g/mol. The molecule has 0 aromatic heterocycles. The molecule has 1 unspecified atom stereocenters. The maximum absolute atomic E-state index is 6.08. The van der Waals surface area contributed by atoms with Gasteiger partial charge in [0, 0.05) is 14.7 Å². The van der Waals surface area contributed by atoms with Gasteiger partial charge in [-0.05, 0) is 12.8 Å². The van der Waals surface area contributed by atoms with E-state index in [1.54, 1.807) is 0 Å². The average Bonchev–Trinajstić information content (AvgIpc) is 1.67. The second-order valence-electron chi connectivity index (χ2n) is 2.52. The third-order valence-corrected chi connectivity index (χ3v) is 3.17. The summed E-state index contributed by atoms with van der Waals surface area (Å²) in [6.07, 6.45) is 3.55. The lowest BCUT2D eigenvalue weighted by molar-refractivity contribution is 0.656. The molecule has 8 heavy (non-hydrogen) atoms. The van der Waals surface area contributed by atoms with Crippen molar-refractivity contribution in [2.75, 3.05) is 0 Å². The number of alkyl halides is 1. The molecular weight excluding hydrogens is 136 g/mol. The Bertz CT molecular complexity index is 61.5. The summed E-state index contributed by atoms with van der Waals surface area (Å²) in [6.45, 7) is 4.35. The van der Waals surface area contributed by atoms with Gasteiger partial charge in [0.25, 0.3) is 0 Å². The van der Waals surface area contributed by atoms with Crippen molar-refractivity contribution >= 4 is 21.8 Å². The van der Waals surface area contributed by atoms with E-state index >= 15 is 0 Å². The highest BCUT2D eigenvalue weighted by Crippen LogP contribution is 2.20. The highest BCUT2D eigenvalue weighted by Gasteiger charge is 2.15. The lowest BCUT2D eigenvalue weighted by Crippen LogP contribution is -2.19. The zero-order valence-electron chi connectivity index (χ0n) is 6.00. The summed E-state index contributed by atoms with van der Waals surface area (Å²) in [6, 6.07) is 0. The molecule has 0 fully saturated rings. The van der Waals surface area contributed by atoms with Gasteiger partial charge in [0.2, 0.25) is 0 Å². The van der Waals surface area contributed by atoms with Crippen LogP contribution in [0.15, 0.2) is 0 Å². The second kappa shape index (κ2) is 3.52. The topological polar surface area (TPSA) is 0 Å². The minimum absolute atomic E-state index is 0.203. The smallest absolute Gasteiger partial charge is 0.0293 e. The van der Waals surface area contributed by atoms with Crippen LogP contribution in [-0.2, 0) is 0 Å². The maximum Gasteiger partial charge on any atom is 0.0293 e. The van der Waals surface area contributed by atoms with Gasteiger partial charge in [0.1, 0.15) is 0 Å². The van der Waals surface area contributed by atoms with Crippen LogP contribution < -0.4 is 0 Å². The Balaban J connectivity index is 3.37. The van der Waals surface area contributed by atoms with Crippen molar-refractivity contribution in [3.63, 3.8) is 0 Å². The molecule has 0 spiro atoms. The summed E-state index contributed by atoms with van der Waals surface area (Å²) in [7, 11) is 1.12. The van der Waals surface area contributed by atoms with E-state index in [4.69, 9.17) is 11.6 Å². The molecule has 0 aromatic rings. The van der Waals surface area contributed by atoms with E-state index in [9.17, 15) is 0 Å². The van der Waals surface area contributed by atoms with Crippen LogP contribution in [0.3, 0.4) is 0 Å². The fourth-order valence-corrected chi connectivity index (χ4v) is 1.39. The Labute approximate surface area is 60.0 Å². The summed E-state index contributed by atoms with van der Waals surface area (Å²) < 4.78 is 0.203. The molecule has 0 aliphatic rings. The van der Waals surface area contributed by atoms with Crippen LogP contribution in [0.1, 0.15) is 33.1 Å². The summed E-state index contributed by atoms with van der Waals surface area (Å²) in [5, 5.41) is 0. The summed E-state index contributed by atoms with van der Waals surface area (Å²) in [4.78, 5) is 0. The van der Waals surface area contributed by atoms with Crippen LogP contribution in [0.2, 0.25) is 0 Å². The molecule has 0 bridgehead atoms. The first-order chi connectivity index (χ1) is 3.62. The van der Waals surface area contributed by atoms with Crippen molar-refractivity contribution < 1.29 is 0 Å². The summed E-state index contributed by atoms with van der Waals surface area (Å²) in [5.74, 6) is 0. The maximum atomic E-state index is 6.08. The van der Waals surface area contributed by atoms with Crippen LogP contribution in [0.4, 0.5) is 0 Å². The van der Waals surface area contributed by atoms with Gasteiger partial charge < -0.3 is 0 Å². The highest BCUT2D eigenvalue weighted by atomic mass is 35.5. The lowest BCUT2D eigenvalue weighted by atomic mass is 10.2. The number of hydrogen-bond donors (Lipinski definition) is 0. The molecule has 0 aromatic carbocycles. The van der Waals surface area contributed by atoms with E-state index < -0.39 is 0 Å². The van der Waals surface area contributed by atoms with Gasteiger partial charge in [-0.3, -0.25) is 0 Å². The zero-order chi connectivity index (χ0) is 6.62. The Morgan fingerprint density at radius 1 is 1.50 bits per heavy atom. The van der Waals surface area contributed by atoms with Crippen molar-refractivity contribution in [2.24, 2.45) is 0 Å². The van der Waals surface area contributed by atoms with Crippen LogP contribution in [0.5, 0.6) is 0 Å². The van der Waals surface area contributed by atoms with Crippen molar-refractivity contribution in [1.82, 2.24) is 0 Å². The highest BCUT2D eigenvalue weighted by molar-refractivity contribution is 6.44. The summed E-state index contributed by atoms with van der Waals surface area (Å²) >= 11 is 6.08. The average molecular weight is 151 g/mol. The van der Waals surface area contributed by atoms with Gasteiger partial charge in [0.15, 0.2) is 0 Å². The predicted octanol–water partition coefficient (Wildman–Crippen LogP) is 1.50. The van der Waals surface area contributed by atoms with Gasteiger partial charge in [-0.15, -0.1) is 11.6 Å². The minimum atomic E-state index is 0.203. The zero-order valence-corrected chi connectivity index (χ0v) is 8.76. The van der Waals surface area contributed by atoms with Crippen molar-refractivity contribution in [3.8, 4) is 0 Å². The summed E-state index contributed by atoms with van der Waals surface area (Å²) in [5.41, 5.74) is 0. The standard InChI is InChI=1S/C6H15ClSi/c1-3-5-6(7,8)4-2/h3-5H2,1-2,8H3. The van der Waals surface area contributed by atoms with Crippen molar-refractivity contribution in [1.29, 1.82) is 0 Å². The Hall–Kier alpha value is 0.507. The fourth-order valence-electron chi connectivity index (χ4n) is 0.698. The largest absolute Gasteiger partial charge is 0.124 e. The Morgan fingerprint density at radius 3 is 2.12 bits per heavy atom. The number of rotatable bonds is 3. The van der Waals surface area contributed by atoms with Gasteiger partial charge >= 0.3 is 0 Å². The first-order valence-corrected chi connectivity index (χ1v) is 4.69. The van der Waals surface area contributed by atoms with E-state index in [2.05, 4.69) is 13.8 Å². The number of hydrogen-bond acceptors (Lipinski definition) is 0. The van der Waals surface area contributed by atoms with Gasteiger partial charge in [-0.25, -0.2) is 0 Å². The molecule has 50 valence electrons. The van der Waals surface area contributed by atoms with Gasteiger partial charge in [0.05, 0.1) is 0 Å². The normalized spacial score (nSPS) is 18.4. The molecule has 0 saturated heterocycles. The molecule has 0 nitrogen and oxygen atoms in total. The Morgan fingerprint density at radius 2 is 2.00 bits per heavy atom. The van der Waals surface area contributed by atoms with E-state index in [-0.39, 0.29) is 4.50 Å². The molecule has 0 radical (unpaired) electrons.